The molecule has 0 aliphatic carbocycles. The van der Waals surface area contributed by atoms with Crippen LogP contribution in [0.15, 0.2) is 30.1 Å². The second-order valence-corrected chi connectivity index (χ2v) is 14.1. The van der Waals surface area contributed by atoms with Crippen LogP contribution in [0.25, 0.3) is 22.3 Å². The molecule has 0 unspecified atom stereocenters. The highest BCUT2D eigenvalue weighted by Crippen LogP contribution is 2.57. The Kier molecular flexibility index (Phi) is 7.21. The number of nitrogens with two attached hydrogens (primary N) is 1. The Morgan fingerprint density at radius 1 is 0.977 bits per heavy atom. The van der Waals surface area contributed by atoms with E-state index in [9.17, 15) is 17.8 Å². The van der Waals surface area contributed by atoms with E-state index in [2.05, 4.69) is 46.9 Å². The van der Waals surface area contributed by atoms with Crippen LogP contribution in [-0.2, 0) is 37.6 Å². The van der Waals surface area contributed by atoms with E-state index in [0.29, 0.717) is 0 Å². The molecule has 0 amide bonds. The summed E-state index contributed by atoms with van der Waals surface area (Å²) in [7, 11) is -4.75. The number of anilines is 1. The molecule has 4 aromatic heterocycles. The van der Waals surface area contributed by atoms with Gasteiger partial charge >= 0.3 is 17.1 Å². The second kappa shape index (κ2) is 10.7. The lowest BCUT2D eigenvalue weighted by molar-refractivity contribution is -0.0443. The van der Waals surface area contributed by atoms with Crippen molar-refractivity contribution >= 4 is 57.5 Å². The lowest BCUT2D eigenvalue weighted by atomic mass is 10.1. The Morgan fingerprint density at radius 2 is 1.66 bits per heavy atom. The van der Waals surface area contributed by atoms with Gasteiger partial charge in [-0.25, -0.2) is 38.3 Å². The van der Waals surface area contributed by atoms with Crippen molar-refractivity contribution in [3.05, 3.63) is 35.7 Å². The van der Waals surface area contributed by atoms with E-state index in [0.717, 1.165) is 23.5 Å². The fraction of sp³-hybridized carbons (Fsp3) is 0.500. The van der Waals surface area contributed by atoms with Crippen LogP contribution in [0.1, 0.15) is 12.5 Å². The summed E-state index contributed by atoms with van der Waals surface area (Å²) in [6, 6.07) is -1.64. The number of aromatic nitrogens is 8. The third-order valence-electron chi connectivity index (χ3n) is 7.22. The minimum atomic E-state index is -4.75. The van der Waals surface area contributed by atoms with Gasteiger partial charge in [-0.1, -0.05) is 12.2 Å². The van der Waals surface area contributed by atoms with E-state index in [1.54, 1.807) is 0 Å². The number of H-pyrrole nitrogens is 1. The molecule has 0 bridgehead atoms. The molecule has 3 fully saturated rings. The van der Waals surface area contributed by atoms with Crippen molar-refractivity contribution in [1.29, 1.82) is 0 Å². The number of aromatic amines is 1. The minimum absolute atomic E-state index is 0.0200. The number of nitrogen functional groups attached to an aromatic ring is 1. The number of rotatable bonds is 2. The summed E-state index contributed by atoms with van der Waals surface area (Å²) in [6.45, 7) is -6.03. The van der Waals surface area contributed by atoms with Crippen molar-refractivity contribution in [2.75, 3.05) is 18.9 Å². The Hall–Kier alpha value is -3.15. The summed E-state index contributed by atoms with van der Waals surface area (Å²) in [5.74, 6) is 0.0200. The summed E-state index contributed by atoms with van der Waals surface area (Å²) in [6.07, 6.45) is -7.48. The van der Waals surface area contributed by atoms with Gasteiger partial charge in [0.05, 0.1) is 38.2 Å². The lowest BCUT2D eigenvalue weighted by Gasteiger charge is -2.26. The maximum Gasteiger partial charge on any atom is 0.386 e. The Bertz CT molecular complexity index is 1960. The zero-order valence-corrected chi connectivity index (χ0v) is 24.4. The number of hydrogen-bond acceptors (Lipinski definition) is 15. The first-order chi connectivity index (χ1) is 20.9. The summed E-state index contributed by atoms with van der Waals surface area (Å²) in [5.41, 5.74) is 5.29. The van der Waals surface area contributed by atoms with Gasteiger partial charge < -0.3 is 20.2 Å². The molecule has 3 saturated heterocycles. The average molecular weight is 679 g/mol. The Morgan fingerprint density at radius 3 is 2.43 bits per heavy atom. The SMILES string of the molecule is Nc1ncnc2c1ncn2[C@@H]1O[C@@H]2CO[P@@](=O)(S)O[C@H]3[C@@H](F)[C@H](n4cnc5c(=O)[nH]cnc54)O[C@@H]3COS(=O)(=O)N[C@H]2[C@H]1F. The predicted molar refractivity (Wildman–Crippen MR) is 145 cm³/mol. The Labute approximate surface area is 249 Å². The first kappa shape index (κ1) is 29.6. The molecule has 44 heavy (non-hydrogen) atoms. The third kappa shape index (κ3) is 5.06. The van der Waals surface area contributed by atoms with Crippen LogP contribution in [0, 0.1) is 0 Å². The molecule has 9 atom stereocenters. The average Bonchev–Trinajstić information content (AvgIpc) is 3.73. The standard InChI is InChI=1S/C20H21F2N10O9PS2/c21-9-11-7(39-19(9)31-5-28-12-15(23)24-3-25-16(12)31)1-37-42(34,43)41-14-8(2-38-44(35,36)30-11)40-20(10(14)22)32-6-29-13-17(32)26-4-27-18(13)33/h3-11,14,19-20,30H,1-2H2,(H,34,43)(H2,23,24,25)(H,26,27,33)/t7-,8-,9-,10-,11-,14-,19-,20-,42-/m1/s1. The molecule has 0 aromatic carbocycles. The van der Waals surface area contributed by atoms with Crippen LogP contribution in [-0.4, -0.2) is 97.4 Å². The maximum atomic E-state index is 15.9. The molecule has 4 aromatic rings. The number of thiol groups is 1. The normalized spacial score (nSPS) is 36.1. The molecule has 0 spiro atoms. The molecular formula is C20H21F2N10O9PS2. The van der Waals surface area contributed by atoms with E-state index in [-0.39, 0.29) is 28.1 Å². The summed E-state index contributed by atoms with van der Waals surface area (Å²) in [4.78, 5) is 34.2. The van der Waals surface area contributed by atoms with Gasteiger partial charge in [0.2, 0.25) is 0 Å². The molecule has 0 saturated carbocycles. The smallest absolute Gasteiger partial charge is 0.382 e. The second-order valence-electron chi connectivity index (χ2n) is 9.87. The quantitative estimate of drug-likeness (QED) is 0.157. The van der Waals surface area contributed by atoms with E-state index in [4.69, 9.17) is 28.4 Å². The van der Waals surface area contributed by atoms with Crippen molar-refractivity contribution < 1.29 is 44.5 Å². The van der Waals surface area contributed by atoms with E-state index < -0.39 is 85.0 Å². The Balaban J connectivity index is 1.17. The topological polar surface area (TPSA) is 243 Å². The first-order valence-electron chi connectivity index (χ1n) is 12.7. The number of ether oxygens (including phenoxy) is 2. The van der Waals surface area contributed by atoms with Crippen molar-refractivity contribution in [2.45, 2.75) is 49.2 Å². The van der Waals surface area contributed by atoms with Gasteiger partial charge in [0, 0.05) is 0 Å². The van der Waals surface area contributed by atoms with Gasteiger partial charge in [0.25, 0.3) is 5.56 Å². The molecule has 24 heteroatoms. The van der Waals surface area contributed by atoms with Crippen molar-refractivity contribution in [3.63, 3.8) is 0 Å². The molecular weight excluding hydrogens is 657 g/mol. The molecule has 3 aliphatic heterocycles. The number of nitrogens with one attached hydrogen (secondary N) is 2. The zero-order valence-electron chi connectivity index (χ0n) is 21.8. The van der Waals surface area contributed by atoms with Crippen molar-refractivity contribution in [1.82, 2.24) is 43.8 Å². The van der Waals surface area contributed by atoms with E-state index in [1.807, 2.05) is 0 Å². The van der Waals surface area contributed by atoms with Gasteiger partial charge in [0.1, 0.15) is 30.2 Å². The van der Waals surface area contributed by atoms with Crippen LogP contribution < -0.4 is 16.0 Å². The molecule has 0 radical (unpaired) electrons. The van der Waals surface area contributed by atoms with Crippen molar-refractivity contribution in [3.8, 4) is 0 Å². The van der Waals surface area contributed by atoms with Gasteiger partial charge in [-0.2, -0.15) is 13.1 Å². The molecule has 3 aliphatic rings. The van der Waals surface area contributed by atoms with Gasteiger partial charge in [-0.3, -0.25) is 27.2 Å². The number of fused-ring (bicyclic) bond motifs is 4. The van der Waals surface area contributed by atoms with Gasteiger partial charge in [0.15, 0.2) is 47.4 Å². The van der Waals surface area contributed by atoms with E-state index >= 15 is 8.78 Å². The number of halogens is 2. The minimum Gasteiger partial charge on any atom is -0.382 e. The van der Waals surface area contributed by atoms with Crippen LogP contribution >= 0.6 is 19.0 Å². The molecule has 236 valence electrons. The summed E-state index contributed by atoms with van der Waals surface area (Å²) < 4.78 is 103. The number of hydrogen-bond donors (Lipinski definition) is 4. The molecule has 7 heterocycles. The number of alkyl halides is 2. The number of nitrogens with zero attached hydrogens (tertiary/aromatic N) is 7. The summed E-state index contributed by atoms with van der Waals surface area (Å²) in [5, 5.41) is 0. The number of imidazole rings is 2. The van der Waals surface area contributed by atoms with Crippen LogP contribution in [0.2, 0.25) is 0 Å². The highest BCUT2D eigenvalue weighted by atomic mass is 32.7. The lowest BCUT2D eigenvalue weighted by Crippen LogP contribution is -2.48. The molecule has 7 rings (SSSR count). The monoisotopic (exact) mass is 678 g/mol. The van der Waals surface area contributed by atoms with E-state index in [1.165, 1.54) is 10.9 Å². The third-order valence-corrected chi connectivity index (χ3v) is 9.84. The largest absolute Gasteiger partial charge is 0.386 e. The highest BCUT2D eigenvalue weighted by Gasteiger charge is 2.53. The fourth-order valence-electron chi connectivity index (χ4n) is 5.22. The van der Waals surface area contributed by atoms with Crippen molar-refractivity contribution in [2.24, 2.45) is 0 Å². The van der Waals surface area contributed by atoms with Crippen LogP contribution in [0.5, 0.6) is 0 Å². The zero-order chi connectivity index (χ0) is 31.0. The van der Waals surface area contributed by atoms with Gasteiger partial charge in [-0.15, -0.1) is 0 Å². The molecule has 4 N–H and O–H groups in total. The predicted octanol–water partition coefficient (Wildman–Crippen LogP) is -0.314. The van der Waals surface area contributed by atoms with Crippen LogP contribution in [0.3, 0.4) is 0 Å². The fourth-order valence-corrected chi connectivity index (χ4v) is 7.70. The van der Waals surface area contributed by atoms with Gasteiger partial charge in [-0.05, 0) is 0 Å². The first-order valence-corrected chi connectivity index (χ1v) is 16.8. The maximum absolute atomic E-state index is 15.9. The molecule has 19 nitrogen and oxygen atoms in total. The summed E-state index contributed by atoms with van der Waals surface area (Å²) >= 11 is 3.94. The highest BCUT2D eigenvalue weighted by molar-refractivity contribution is 8.44. The van der Waals surface area contributed by atoms with Crippen LogP contribution in [0.4, 0.5) is 14.6 Å².